The normalized spacial score (nSPS) is 12.6. The first-order chi connectivity index (χ1) is 8.83. The topological polar surface area (TPSA) is 44.1 Å². The van der Waals surface area contributed by atoms with Gasteiger partial charge in [0, 0.05) is 13.6 Å². The van der Waals surface area contributed by atoms with Crippen molar-refractivity contribution >= 4 is 5.91 Å². The van der Waals surface area contributed by atoms with Crippen molar-refractivity contribution < 1.29 is 4.79 Å². The van der Waals surface area contributed by atoms with Crippen LogP contribution >= 0.6 is 0 Å². The number of nitriles is 1. The fourth-order valence-corrected chi connectivity index (χ4v) is 2.09. The molecule has 0 saturated heterocycles. The van der Waals surface area contributed by atoms with E-state index in [-0.39, 0.29) is 11.3 Å². The van der Waals surface area contributed by atoms with Gasteiger partial charge in [-0.3, -0.25) is 4.79 Å². The highest BCUT2D eigenvalue weighted by molar-refractivity contribution is 5.81. The Morgan fingerprint density at radius 1 is 1.32 bits per heavy atom. The molecule has 1 atom stereocenters. The van der Waals surface area contributed by atoms with Crippen molar-refractivity contribution in [3.05, 3.63) is 35.9 Å². The maximum atomic E-state index is 12.3. The maximum absolute atomic E-state index is 12.3. The Hall–Kier alpha value is -1.82. The Morgan fingerprint density at radius 3 is 2.37 bits per heavy atom. The number of nitrogens with zero attached hydrogens (tertiary/aromatic N) is 2. The van der Waals surface area contributed by atoms with Crippen LogP contribution in [0, 0.1) is 22.7 Å². The summed E-state index contributed by atoms with van der Waals surface area (Å²) >= 11 is 0. The zero-order valence-electron chi connectivity index (χ0n) is 12.2. The molecule has 0 radical (unpaired) electrons. The number of carbonyl (C=O) groups is 1. The van der Waals surface area contributed by atoms with E-state index in [1.165, 1.54) is 0 Å². The van der Waals surface area contributed by atoms with Crippen LogP contribution in [0.3, 0.4) is 0 Å². The average Bonchev–Trinajstić information content (AvgIpc) is 2.34. The van der Waals surface area contributed by atoms with Gasteiger partial charge in [0.1, 0.15) is 5.92 Å². The van der Waals surface area contributed by atoms with Gasteiger partial charge < -0.3 is 4.90 Å². The molecular weight excluding hydrogens is 236 g/mol. The Labute approximate surface area is 115 Å². The first-order valence-electron chi connectivity index (χ1n) is 6.52. The minimum absolute atomic E-state index is 0.0389. The average molecular weight is 258 g/mol. The maximum Gasteiger partial charge on any atom is 0.240 e. The summed E-state index contributed by atoms with van der Waals surface area (Å²) in [5.41, 5.74) is 1.06. The fourth-order valence-electron chi connectivity index (χ4n) is 2.09. The van der Waals surface area contributed by atoms with Crippen molar-refractivity contribution in [3.8, 4) is 6.07 Å². The molecule has 1 unspecified atom stereocenters. The SMILES string of the molecule is CN(CC(C)(C)C)C(=O)C(C#N)Cc1ccccc1. The Kier molecular flexibility index (Phi) is 5.11. The van der Waals surface area contributed by atoms with Crippen molar-refractivity contribution in [1.29, 1.82) is 5.26 Å². The molecule has 3 heteroatoms. The minimum atomic E-state index is -0.602. The highest BCUT2D eigenvalue weighted by Gasteiger charge is 2.25. The van der Waals surface area contributed by atoms with Gasteiger partial charge in [0.15, 0.2) is 0 Å². The summed E-state index contributed by atoms with van der Waals surface area (Å²) in [6, 6.07) is 11.8. The molecule has 0 bridgehead atoms. The smallest absolute Gasteiger partial charge is 0.240 e. The predicted molar refractivity (Wildman–Crippen MR) is 76.3 cm³/mol. The lowest BCUT2D eigenvalue weighted by atomic mass is 9.94. The quantitative estimate of drug-likeness (QED) is 0.833. The first kappa shape index (κ1) is 15.2. The molecule has 102 valence electrons. The molecule has 3 nitrogen and oxygen atoms in total. The summed E-state index contributed by atoms with van der Waals surface area (Å²) in [7, 11) is 1.77. The number of hydrogen-bond donors (Lipinski definition) is 0. The van der Waals surface area contributed by atoms with E-state index in [0.717, 1.165) is 5.56 Å². The summed E-state index contributed by atoms with van der Waals surface area (Å²) in [4.78, 5) is 13.9. The number of amides is 1. The summed E-state index contributed by atoms with van der Waals surface area (Å²) < 4.78 is 0. The highest BCUT2D eigenvalue weighted by Crippen LogP contribution is 2.17. The van der Waals surface area contributed by atoms with Gasteiger partial charge in [-0.25, -0.2) is 0 Å². The Morgan fingerprint density at radius 2 is 1.89 bits per heavy atom. The van der Waals surface area contributed by atoms with Crippen LogP contribution in [0.25, 0.3) is 0 Å². The fraction of sp³-hybridized carbons (Fsp3) is 0.500. The minimum Gasteiger partial charge on any atom is -0.344 e. The third-order valence-electron chi connectivity index (χ3n) is 2.82. The summed E-state index contributed by atoms with van der Waals surface area (Å²) in [6.07, 6.45) is 0.477. The van der Waals surface area contributed by atoms with Crippen LogP contribution in [-0.4, -0.2) is 24.4 Å². The van der Waals surface area contributed by atoms with Gasteiger partial charge in [0.05, 0.1) is 6.07 Å². The zero-order chi connectivity index (χ0) is 14.5. The molecule has 0 spiro atoms. The van der Waals surface area contributed by atoms with Crippen LogP contribution < -0.4 is 0 Å². The van der Waals surface area contributed by atoms with Crippen molar-refractivity contribution in [2.45, 2.75) is 27.2 Å². The molecule has 1 aromatic rings. The summed E-state index contributed by atoms with van der Waals surface area (Å²) in [5.74, 6) is -0.698. The van der Waals surface area contributed by atoms with Crippen LogP contribution in [0.4, 0.5) is 0 Å². The molecule has 0 N–H and O–H groups in total. The van der Waals surface area contributed by atoms with Gasteiger partial charge in [-0.2, -0.15) is 5.26 Å². The highest BCUT2D eigenvalue weighted by atomic mass is 16.2. The molecule has 19 heavy (non-hydrogen) atoms. The molecule has 0 aliphatic carbocycles. The van der Waals surface area contributed by atoms with Crippen molar-refractivity contribution in [2.75, 3.05) is 13.6 Å². The second kappa shape index (κ2) is 6.38. The van der Waals surface area contributed by atoms with Gasteiger partial charge in [-0.15, -0.1) is 0 Å². The lowest BCUT2D eigenvalue weighted by molar-refractivity contribution is -0.133. The van der Waals surface area contributed by atoms with E-state index >= 15 is 0 Å². The number of carbonyl (C=O) groups excluding carboxylic acids is 1. The van der Waals surface area contributed by atoms with E-state index in [1.807, 2.05) is 30.3 Å². The molecule has 0 aliphatic heterocycles. The van der Waals surface area contributed by atoms with Crippen LogP contribution in [-0.2, 0) is 11.2 Å². The van der Waals surface area contributed by atoms with E-state index in [1.54, 1.807) is 11.9 Å². The summed E-state index contributed by atoms with van der Waals surface area (Å²) in [5, 5.41) is 9.21. The number of rotatable bonds is 4. The molecule has 0 heterocycles. The second-order valence-electron chi connectivity index (χ2n) is 6.13. The molecular formula is C16H22N2O. The van der Waals surface area contributed by atoms with E-state index in [2.05, 4.69) is 26.8 Å². The lowest BCUT2D eigenvalue weighted by Crippen LogP contribution is -2.38. The van der Waals surface area contributed by atoms with E-state index in [9.17, 15) is 10.1 Å². The van der Waals surface area contributed by atoms with Gasteiger partial charge in [0.25, 0.3) is 0 Å². The van der Waals surface area contributed by atoms with Gasteiger partial charge in [-0.1, -0.05) is 51.1 Å². The van der Waals surface area contributed by atoms with Crippen LogP contribution in [0.1, 0.15) is 26.3 Å². The first-order valence-corrected chi connectivity index (χ1v) is 6.52. The molecule has 0 aromatic heterocycles. The van der Waals surface area contributed by atoms with E-state index in [4.69, 9.17) is 0 Å². The second-order valence-corrected chi connectivity index (χ2v) is 6.13. The van der Waals surface area contributed by atoms with Gasteiger partial charge in [-0.05, 0) is 17.4 Å². The third kappa shape index (κ3) is 5.13. The standard InChI is InChI=1S/C16H22N2O/c1-16(2,3)12-18(4)15(19)14(11-17)10-13-8-6-5-7-9-13/h5-9,14H,10,12H2,1-4H3. The van der Waals surface area contributed by atoms with E-state index in [0.29, 0.717) is 13.0 Å². The Bertz CT molecular complexity index is 454. The van der Waals surface area contributed by atoms with Crippen molar-refractivity contribution in [1.82, 2.24) is 4.90 Å². The molecule has 0 saturated carbocycles. The van der Waals surface area contributed by atoms with Crippen LogP contribution in [0.15, 0.2) is 30.3 Å². The van der Waals surface area contributed by atoms with Crippen LogP contribution in [0.5, 0.6) is 0 Å². The summed E-state index contributed by atoms with van der Waals surface area (Å²) in [6.45, 7) is 6.89. The van der Waals surface area contributed by atoms with Crippen molar-refractivity contribution in [3.63, 3.8) is 0 Å². The molecule has 0 aliphatic rings. The predicted octanol–water partition coefficient (Wildman–Crippen LogP) is 2.87. The number of benzene rings is 1. The molecule has 1 rings (SSSR count). The lowest BCUT2D eigenvalue weighted by Gasteiger charge is -2.28. The van der Waals surface area contributed by atoms with Crippen LogP contribution in [0.2, 0.25) is 0 Å². The molecule has 1 aromatic carbocycles. The van der Waals surface area contributed by atoms with E-state index < -0.39 is 5.92 Å². The van der Waals surface area contributed by atoms with Crippen molar-refractivity contribution in [2.24, 2.45) is 11.3 Å². The zero-order valence-corrected chi connectivity index (χ0v) is 12.2. The van der Waals surface area contributed by atoms with Gasteiger partial charge in [0.2, 0.25) is 5.91 Å². The largest absolute Gasteiger partial charge is 0.344 e. The van der Waals surface area contributed by atoms with Gasteiger partial charge >= 0.3 is 0 Å². The molecule has 0 fully saturated rings. The monoisotopic (exact) mass is 258 g/mol. The Balaban J connectivity index is 2.70. The number of hydrogen-bond acceptors (Lipinski definition) is 2. The molecule has 1 amide bonds. The third-order valence-corrected chi connectivity index (χ3v) is 2.82.